The zero-order chi connectivity index (χ0) is 16.1. The van der Waals surface area contributed by atoms with Gasteiger partial charge in [0.15, 0.2) is 5.78 Å². The Morgan fingerprint density at radius 3 is 2.23 bits per heavy atom. The molecule has 2 rings (SSSR count). The van der Waals surface area contributed by atoms with Gasteiger partial charge in [0.25, 0.3) is 0 Å². The average Bonchev–Trinajstić information content (AvgIpc) is 2.51. The molecule has 0 saturated carbocycles. The van der Waals surface area contributed by atoms with E-state index in [1.54, 1.807) is 6.92 Å². The lowest BCUT2D eigenvalue weighted by Gasteiger charge is -2.16. The van der Waals surface area contributed by atoms with Crippen LogP contribution in [-0.4, -0.2) is 11.6 Å². The van der Waals surface area contributed by atoms with Crippen molar-refractivity contribution >= 4 is 11.6 Å². The molecule has 0 fully saturated rings. The predicted molar refractivity (Wildman–Crippen MR) is 89.3 cm³/mol. The molecular formula is C20H22O2. The molecule has 2 nitrogen and oxygen atoms in total. The first kappa shape index (κ1) is 16.2. The zero-order valence-corrected chi connectivity index (χ0v) is 13.4. The van der Waals surface area contributed by atoms with Gasteiger partial charge >= 0.3 is 0 Å². The van der Waals surface area contributed by atoms with E-state index in [9.17, 15) is 9.59 Å². The highest BCUT2D eigenvalue weighted by molar-refractivity contribution is 6.01. The van der Waals surface area contributed by atoms with Crippen LogP contribution in [0.4, 0.5) is 0 Å². The van der Waals surface area contributed by atoms with E-state index in [1.807, 2.05) is 62.4 Å². The van der Waals surface area contributed by atoms with Crippen molar-refractivity contribution in [3.63, 3.8) is 0 Å². The van der Waals surface area contributed by atoms with Crippen LogP contribution in [0.5, 0.6) is 0 Å². The molecule has 0 N–H and O–H groups in total. The van der Waals surface area contributed by atoms with E-state index >= 15 is 0 Å². The molecule has 0 bridgehead atoms. The fraction of sp³-hybridized carbons (Fsp3) is 0.300. The van der Waals surface area contributed by atoms with Crippen molar-refractivity contribution in [2.75, 3.05) is 0 Å². The normalized spacial score (nSPS) is 12.0. The first-order chi connectivity index (χ1) is 10.5. The van der Waals surface area contributed by atoms with E-state index in [-0.39, 0.29) is 17.5 Å². The molecule has 0 radical (unpaired) electrons. The summed E-state index contributed by atoms with van der Waals surface area (Å²) in [4.78, 5) is 24.2. The molecule has 1 atom stereocenters. The Morgan fingerprint density at radius 2 is 1.64 bits per heavy atom. The number of carbonyl (C=O) groups is 2. The number of ketones is 2. The maximum atomic E-state index is 12.9. The van der Waals surface area contributed by atoms with Crippen LogP contribution in [0.25, 0.3) is 0 Å². The molecule has 0 aliphatic carbocycles. The molecule has 2 aromatic rings. The summed E-state index contributed by atoms with van der Waals surface area (Å²) in [6.45, 7) is 5.62. The number of rotatable bonds is 6. The van der Waals surface area contributed by atoms with Crippen molar-refractivity contribution in [2.24, 2.45) is 0 Å². The van der Waals surface area contributed by atoms with Gasteiger partial charge in [0.2, 0.25) is 0 Å². The summed E-state index contributed by atoms with van der Waals surface area (Å²) in [6, 6.07) is 15.5. The van der Waals surface area contributed by atoms with Crippen molar-refractivity contribution in [1.82, 2.24) is 0 Å². The van der Waals surface area contributed by atoms with E-state index in [2.05, 4.69) is 0 Å². The van der Waals surface area contributed by atoms with E-state index in [1.165, 1.54) is 5.56 Å². The highest BCUT2D eigenvalue weighted by Crippen LogP contribution is 2.26. The van der Waals surface area contributed by atoms with Gasteiger partial charge in [0, 0.05) is 17.9 Å². The number of hydrogen-bond acceptors (Lipinski definition) is 2. The lowest BCUT2D eigenvalue weighted by molar-refractivity contribution is -0.117. The molecule has 0 aliphatic heterocycles. The van der Waals surface area contributed by atoms with Crippen molar-refractivity contribution in [2.45, 2.75) is 39.5 Å². The topological polar surface area (TPSA) is 34.1 Å². The Labute approximate surface area is 132 Å². The minimum atomic E-state index is -0.257. The molecule has 1 unspecified atom stereocenters. The molecule has 0 heterocycles. The second kappa shape index (κ2) is 7.17. The summed E-state index contributed by atoms with van der Waals surface area (Å²) in [5.41, 5.74) is 3.99. The molecule has 22 heavy (non-hydrogen) atoms. The van der Waals surface area contributed by atoms with Crippen molar-refractivity contribution in [3.8, 4) is 0 Å². The third kappa shape index (κ3) is 3.91. The van der Waals surface area contributed by atoms with Gasteiger partial charge in [-0.25, -0.2) is 0 Å². The smallest absolute Gasteiger partial charge is 0.170 e. The minimum Gasteiger partial charge on any atom is -0.300 e. The Morgan fingerprint density at radius 1 is 0.955 bits per heavy atom. The predicted octanol–water partition coefficient (Wildman–Crippen LogP) is 4.64. The standard InChI is InChI=1S/C20H22O2/c1-14-9-11-18(13-15(14)2)20(22)19(12-10-16(3)21)17-7-5-4-6-8-17/h4-9,11,13,19H,10,12H2,1-3H3. The van der Waals surface area contributed by atoms with Gasteiger partial charge in [-0.1, -0.05) is 42.5 Å². The van der Waals surface area contributed by atoms with E-state index in [0.29, 0.717) is 12.8 Å². The van der Waals surface area contributed by atoms with Gasteiger partial charge < -0.3 is 4.79 Å². The van der Waals surface area contributed by atoms with E-state index < -0.39 is 0 Å². The van der Waals surface area contributed by atoms with Crippen molar-refractivity contribution < 1.29 is 9.59 Å². The average molecular weight is 294 g/mol. The van der Waals surface area contributed by atoms with E-state index in [4.69, 9.17) is 0 Å². The molecule has 0 aromatic heterocycles. The Balaban J connectivity index is 2.33. The number of carbonyl (C=O) groups excluding carboxylic acids is 2. The quantitative estimate of drug-likeness (QED) is 0.727. The number of aryl methyl sites for hydroxylation is 2. The van der Waals surface area contributed by atoms with Gasteiger partial charge in [-0.3, -0.25) is 4.79 Å². The summed E-state index contributed by atoms with van der Waals surface area (Å²) in [5.74, 6) is -0.0448. The van der Waals surface area contributed by atoms with Gasteiger partial charge in [0.05, 0.1) is 0 Å². The van der Waals surface area contributed by atoms with E-state index in [0.717, 1.165) is 16.7 Å². The van der Waals surface area contributed by atoms with Crippen LogP contribution in [0.2, 0.25) is 0 Å². The lowest BCUT2D eigenvalue weighted by atomic mass is 9.86. The summed E-state index contributed by atoms with van der Waals surface area (Å²) >= 11 is 0. The number of hydrogen-bond donors (Lipinski definition) is 0. The third-order valence-corrected chi connectivity index (χ3v) is 4.09. The number of benzene rings is 2. The van der Waals surface area contributed by atoms with Crippen LogP contribution in [0.15, 0.2) is 48.5 Å². The molecule has 0 saturated heterocycles. The minimum absolute atomic E-state index is 0.0931. The van der Waals surface area contributed by atoms with Crippen LogP contribution in [0, 0.1) is 13.8 Å². The highest BCUT2D eigenvalue weighted by Gasteiger charge is 2.22. The van der Waals surface area contributed by atoms with Gasteiger partial charge in [0.1, 0.15) is 5.78 Å². The van der Waals surface area contributed by atoms with Crippen LogP contribution in [-0.2, 0) is 4.79 Å². The monoisotopic (exact) mass is 294 g/mol. The fourth-order valence-electron chi connectivity index (χ4n) is 2.58. The van der Waals surface area contributed by atoms with Gasteiger partial charge in [-0.15, -0.1) is 0 Å². The second-order valence-electron chi connectivity index (χ2n) is 5.87. The molecule has 0 amide bonds. The van der Waals surface area contributed by atoms with Crippen LogP contribution >= 0.6 is 0 Å². The zero-order valence-electron chi connectivity index (χ0n) is 13.4. The van der Waals surface area contributed by atoms with Crippen LogP contribution < -0.4 is 0 Å². The second-order valence-corrected chi connectivity index (χ2v) is 5.87. The maximum absolute atomic E-state index is 12.9. The SMILES string of the molecule is CC(=O)CCC(C(=O)c1ccc(C)c(C)c1)c1ccccc1. The molecule has 2 heteroatoms. The Hall–Kier alpha value is -2.22. The summed E-state index contributed by atoms with van der Waals surface area (Å²) < 4.78 is 0. The molecular weight excluding hydrogens is 272 g/mol. The Kier molecular flexibility index (Phi) is 5.26. The van der Waals surface area contributed by atoms with Gasteiger partial charge in [-0.05, 0) is 49.9 Å². The number of Topliss-reactive ketones (excluding diaryl/α,β-unsaturated/α-hetero) is 2. The Bertz CT molecular complexity index is 671. The van der Waals surface area contributed by atoms with Crippen molar-refractivity contribution in [1.29, 1.82) is 0 Å². The molecule has 2 aromatic carbocycles. The highest BCUT2D eigenvalue weighted by atomic mass is 16.1. The fourth-order valence-corrected chi connectivity index (χ4v) is 2.58. The summed E-state index contributed by atoms with van der Waals surface area (Å²) in [6.07, 6.45) is 0.987. The van der Waals surface area contributed by atoms with Crippen LogP contribution in [0.3, 0.4) is 0 Å². The molecule has 114 valence electrons. The molecule has 0 aliphatic rings. The maximum Gasteiger partial charge on any atom is 0.170 e. The summed E-state index contributed by atoms with van der Waals surface area (Å²) in [5, 5.41) is 0. The third-order valence-electron chi connectivity index (χ3n) is 4.09. The first-order valence-corrected chi connectivity index (χ1v) is 7.65. The lowest BCUT2D eigenvalue weighted by Crippen LogP contribution is -2.14. The van der Waals surface area contributed by atoms with Crippen molar-refractivity contribution in [3.05, 3.63) is 70.8 Å². The summed E-state index contributed by atoms with van der Waals surface area (Å²) in [7, 11) is 0. The largest absolute Gasteiger partial charge is 0.300 e. The first-order valence-electron chi connectivity index (χ1n) is 7.65. The van der Waals surface area contributed by atoms with Gasteiger partial charge in [-0.2, -0.15) is 0 Å². The van der Waals surface area contributed by atoms with Crippen LogP contribution in [0.1, 0.15) is 52.7 Å². The molecule has 0 spiro atoms.